The van der Waals surface area contributed by atoms with Gasteiger partial charge in [-0.25, -0.2) is 4.98 Å². The number of rotatable bonds is 6. The number of amides is 1. The van der Waals surface area contributed by atoms with E-state index in [2.05, 4.69) is 27.3 Å². The molecule has 0 bridgehead atoms. The van der Waals surface area contributed by atoms with Crippen molar-refractivity contribution in [2.45, 2.75) is 32.7 Å². The Morgan fingerprint density at radius 2 is 2.05 bits per heavy atom. The third-order valence-corrected chi connectivity index (χ3v) is 3.15. The lowest BCUT2D eigenvalue weighted by atomic mass is 10.1. The number of nitrogens with one attached hydrogen (secondary N) is 1. The average Bonchev–Trinajstić information content (AvgIpc) is 2.85. The second-order valence-electron chi connectivity index (χ2n) is 4.93. The standard InChI is InChI=1S/C15H20N4O/c1-12-16-14(18-17-12)11-19(2)15(20)10-6-9-13-7-4-3-5-8-13/h3-5,7-8H,6,9-11H2,1-2H3,(H,16,17,18). The van der Waals surface area contributed by atoms with E-state index >= 15 is 0 Å². The van der Waals surface area contributed by atoms with Gasteiger partial charge in [-0.3, -0.25) is 9.89 Å². The Kier molecular flexibility index (Phi) is 4.87. The maximum Gasteiger partial charge on any atom is 0.222 e. The summed E-state index contributed by atoms with van der Waals surface area (Å²) in [7, 11) is 1.79. The van der Waals surface area contributed by atoms with E-state index in [4.69, 9.17) is 0 Å². The number of benzene rings is 1. The predicted octanol–water partition coefficient (Wildman–Crippen LogP) is 2.09. The highest BCUT2D eigenvalue weighted by atomic mass is 16.2. The zero-order chi connectivity index (χ0) is 14.4. The lowest BCUT2D eigenvalue weighted by Crippen LogP contribution is -2.26. The fourth-order valence-electron chi connectivity index (χ4n) is 2.04. The topological polar surface area (TPSA) is 61.9 Å². The minimum absolute atomic E-state index is 0.128. The van der Waals surface area contributed by atoms with Crippen LogP contribution in [0.1, 0.15) is 30.1 Å². The molecule has 0 aliphatic rings. The Morgan fingerprint density at radius 1 is 1.30 bits per heavy atom. The molecular formula is C15H20N4O. The number of aromatic amines is 1. The SMILES string of the molecule is Cc1nc(CN(C)C(=O)CCCc2ccccc2)n[nH]1. The minimum atomic E-state index is 0.128. The largest absolute Gasteiger partial charge is 0.338 e. The number of carbonyl (C=O) groups excluding carboxylic acids is 1. The highest BCUT2D eigenvalue weighted by Gasteiger charge is 2.11. The Bertz CT molecular complexity index is 550. The van der Waals surface area contributed by atoms with E-state index in [0.29, 0.717) is 18.8 Å². The van der Waals surface area contributed by atoms with Crippen molar-refractivity contribution in [1.29, 1.82) is 0 Å². The molecule has 0 atom stereocenters. The van der Waals surface area contributed by atoms with Crippen molar-refractivity contribution in [3.05, 3.63) is 47.5 Å². The van der Waals surface area contributed by atoms with Crippen LogP contribution in [0, 0.1) is 6.92 Å². The molecule has 1 aromatic heterocycles. The van der Waals surface area contributed by atoms with Gasteiger partial charge in [0.2, 0.25) is 5.91 Å². The van der Waals surface area contributed by atoms with Gasteiger partial charge in [0.05, 0.1) is 6.54 Å². The number of hydrogen-bond donors (Lipinski definition) is 1. The number of nitrogens with zero attached hydrogens (tertiary/aromatic N) is 3. The molecule has 5 heteroatoms. The van der Waals surface area contributed by atoms with Crippen LogP contribution in [0.25, 0.3) is 0 Å². The first kappa shape index (κ1) is 14.2. The highest BCUT2D eigenvalue weighted by molar-refractivity contribution is 5.75. The smallest absolute Gasteiger partial charge is 0.222 e. The number of aryl methyl sites for hydroxylation is 2. The molecule has 1 aromatic carbocycles. The molecule has 0 aliphatic heterocycles. The molecule has 0 radical (unpaired) electrons. The number of carbonyl (C=O) groups is 1. The van der Waals surface area contributed by atoms with Crippen molar-refractivity contribution >= 4 is 5.91 Å². The quantitative estimate of drug-likeness (QED) is 0.876. The first-order valence-corrected chi connectivity index (χ1v) is 6.81. The molecule has 1 amide bonds. The summed E-state index contributed by atoms with van der Waals surface area (Å²) in [5.74, 6) is 1.55. The average molecular weight is 272 g/mol. The second-order valence-corrected chi connectivity index (χ2v) is 4.93. The molecule has 0 fully saturated rings. The molecular weight excluding hydrogens is 252 g/mol. The zero-order valence-corrected chi connectivity index (χ0v) is 12.0. The molecule has 0 unspecified atom stereocenters. The summed E-state index contributed by atoms with van der Waals surface area (Å²) in [6, 6.07) is 10.2. The fraction of sp³-hybridized carbons (Fsp3) is 0.400. The van der Waals surface area contributed by atoms with Crippen molar-refractivity contribution in [3.63, 3.8) is 0 Å². The lowest BCUT2D eigenvalue weighted by Gasteiger charge is -2.15. The van der Waals surface area contributed by atoms with Crippen molar-refractivity contribution in [3.8, 4) is 0 Å². The summed E-state index contributed by atoms with van der Waals surface area (Å²) in [5.41, 5.74) is 1.27. The van der Waals surface area contributed by atoms with Crippen molar-refractivity contribution in [2.24, 2.45) is 0 Å². The molecule has 5 nitrogen and oxygen atoms in total. The van der Waals surface area contributed by atoms with Gasteiger partial charge >= 0.3 is 0 Å². The minimum Gasteiger partial charge on any atom is -0.338 e. The van der Waals surface area contributed by atoms with Crippen LogP contribution in [0.3, 0.4) is 0 Å². The van der Waals surface area contributed by atoms with Crippen molar-refractivity contribution in [2.75, 3.05) is 7.05 Å². The summed E-state index contributed by atoms with van der Waals surface area (Å²) in [4.78, 5) is 17.9. The van der Waals surface area contributed by atoms with Gasteiger partial charge in [0.1, 0.15) is 5.82 Å². The maximum absolute atomic E-state index is 12.0. The van der Waals surface area contributed by atoms with Crippen molar-refractivity contribution < 1.29 is 4.79 Å². The van der Waals surface area contributed by atoms with Crippen molar-refractivity contribution in [1.82, 2.24) is 20.1 Å². The van der Waals surface area contributed by atoms with E-state index in [1.165, 1.54) is 5.56 Å². The Labute approximate surface area is 119 Å². The first-order chi connectivity index (χ1) is 9.65. The maximum atomic E-state index is 12.0. The number of hydrogen-bond acceptors (Lipinski definition) is 3. The molecule has 106 valence electrons. The Balaban J connectivity index is 1.74. The van der Waals surface area contributed by atoms with Crippen LogP contribution < -0.4 is 0 Å². The van der Waals surface area contributed by atoms with Gasteiger partial charge in [-0.2, -0.15) is 5.10 Å². The van der Waals surface area contributed by atoms with E-state index in [9.17, 15) is 4.79 Å². The van der Waals surface area contributed by atoms with Gasteiger partial charge < -0.3 is 4.90 Å². The van der Waals surface area contributed by atoms with E-state index in [0.717, 1.165) is 18.7 Å². The van der Waals surface area contributed by atoms with E-state index in [-0.39, 0.29) is 5.91 Å². The monoisotopic (exact) mass is 272 g/mol. The fourth-order valence-corrected chi connectivity index (χ4v) is 2.04. The number of H-pyrrole nitrogens is 1. The molecule has 1 heterocycles. The van der Waals surface area contributed by atoms with Crippen LogP contribution >= 0.6 is 0 Å². The molecule has 2 rings (SSSR count). The van der Waals surface area contributed by atoms with Gasteiger partial charge in [0.25, 0.3) is 0 Å². The Morgan fingerprint density at radius 3 is 2.70 bits per heavy atom. The molecule has 1 N–H and O–H groups in total. The summed E-state index contributed by atoms with van der Waals surface area (Å²) < 4.78 is 0. The lowest BCUT2D eigenvalue weighted by molar-refractivity contribution is -0.130. The van der Waals surface area contributed by atoms with Crippen LogP contribution in [-0.2, 0) is 17.8 Å². The predicted molar refractivity (Wildman–Crippen MR) is 77.0 cm³/mol. The summed E-state index contributed by atoms with van der Waals surface area (Å²) >= 11 is 0. The summed E-state index contributed by atoms with van der Waals surface area (Å²) in [6.07, 6.45) is 2.34. The summed E-state index contributed by atoms with van der Waals surface area (Å²) in [5, 5.41) is 6.81. The molecule has 0 saturated heterocycles. The third-order valence-electron chi connectivity index (χ3n) is 3.15. The van der Waals surface area contributed by atoms with Crippen LogP contribution in [0.15, 0.2) is 30.3 Å². The number of aromatic nitrogens is 3. The van der Waals surface area contributed by atoms with Crippen LogP contribution in [0.2, 0.25) is 0 Å². The normalized spacial score (nSPS) is 10.5. The van der Waals surface area contributed by atoms with Gasteiger partial charge in [-0.15, -0.1) is 0 Å². The molecule has 0 saturated carbocycles. The zero-order valence-electron chi connectivity index (χ0n) is 12.0. The molecule has 0 spiro atoms. The molecule has 2 aromatic rings. The summed E-state index contributed by atoms with van der Waals surface area (Å²) in [6.45, 7) is 2.30. The molecule has 0 aliphatic carbocycles. The second kappa shape index (κ2) is 6.84. The van der Waals surface area contributed by atoms with Gasteiger partial charge in [0.15, 0.2) is 5.82 Å². The van der Waals surface area contributed by atoms with E-state index in [1.54, 1.807) is 11.9 Å². The van der Waals surface area contributed by atoms with Crippen LogP contribution in [0.5, 0.6) is 0 Å². The first-order valence-electron chi connectivity index (χ1n) is 6.81. The van der Waals surface area contributed by atoms with Gasteiger partial charge in [-0.05, 0) is 25.3 Å². The third kappa shape index (κ3) is 4.19. The van der Waals surface area contributed by atoms with Gasteiger partial charge in [-0.1, -0.05) is 30.3 Å². The highest BCUT2D eigenvalue weighted by Crippen LogP contribution is 2.07. The van der Waals surface area contributed by atoms with E-state index in [1.807, 2.05) is 25.1 Å². The molecule has 20 heavy (non-hydrogen) atoms. The van der Waals surface area contributed by atoms with E-state index < -0.39 is 0 Å². The van der Waals surface area contributed by atoms with Crippen LogP contribution in [0.4, 0.5) is 0 Å². The van der Waals surface area contributed by atoms with Crippen LogP contribution in [-0.4, -0.2) is 33.0 Å². The Hall–Kier alpha value is -2.17. The van der Waals surface area contributed by atoms with Gasteiger partial charge in [0, 0.05) is 13.5 Å².